The van der Waals surface area contributed by atoms with Gasteiger partial charge in [-0.3, -0.25) is 4.90 Å². The molecular formula is C13H16F3N3. The summed E-state index contributed by atoms with van der Waals surface area (Å²) in [6.07, 6.45) is 0.380. The van der Waals surface area contributed by atoms with Crippen LogP contribution in [0.2, 0.25) is 0 Å². The van der Waals surface area contributed by atoms with Gasteiger partial charge in [0.05, 0.1) is 5.56 Å². The lowest BCUT2D eigenvalue weighted by atomic mass is 10.2. The number of pyridine rings is 1. The van der Waals surface area contributed by atoms with Gasteiger partial charge >= 0.3 is 6.18 Å². The van der Waals surface area contributed by atoms with E-state index < -0.39 is 11.7 Å². The fourth-order valence-electron chi connectivity index (χ4n) is 2.57. The van der Waals surface area contributed by atoms with Gasteiger partial charge in [0, 0.05) is 31.4 Å². The lowest BCUT2D eigenvalue weighted by Gasteiger charge is -2.16. The van der Waals surface area contributed by atoms with Crippen LogP contribution in [0.5, 0.6) is 0 Å². The molecule has 0 spiro atoms. The van der Waals surface area contributed by atoms with E-state index in [1.54, 1.807) is 0 Å². The molecule has 1 aliphatic heterocycles. The van der Waals surface area contributed by atoms with Crippen LogP contribution in [-0.2, 0) is 6.18 Å². The molecule has 2 heterocycles. The van der Waals surface area contributed by atoms with Crippen LogP contribution in [0.15, 0.2) is 18.3 Å². The van der Waals surface area contributed by atoms with Gasteiger partial charge in [-0.2, -0.15) is 13.2 Å². The summed E-state index contributed by atoms with van der Waals surface area (Å²) in [5, 5.41) is 3.11. The van der Waals surface area contributed by atoms with E-state index in [0.29, 0.717) is 11.9 Å². The van der Waals surface area contributed by atoms with Crippen molar-refractivity contribution in [3.63, 3.8) is 0 Å². The lowest BCUT2D eigenvalue weighted by molar-refractivity contribution is -0.137. The topological polar surface area (TPSA) is 28.2 Å². The highest BCUT2D eigenvalue weighted by atomic mass is 19.4. The predicted molar refractivity (Wildman–Crippen MR) is 65.9 cm³/mol. The van der Waals surface area contributed by atoms with E-state index in [4.69, 9.17) is 0 Å². The molecule has 3 nitrogen and oxygen atoms in total. The first-order valence-electron chi connectivity index (χ1n) is 6.56. The van der Waals surface area contributed by atoms with Gasteiger partial charge < -0.3 is 5.32 Å². The van der Waals surface area contributed by atoms with E-state index in [-0.39, 0.29) is 6.04 Å². The van der Waals surface area contributed by atoms with Crippen molar-refractivity contribution < 1.29 is 13.2 Å². The number of likely N-dealkylation sites (tertiary alicyclic amines) is 1. The number of nitrogens with one attached hydrogen (secondary N) is 1. The predicted octanol–water partition coefficient (Wildman–Crippen LogP) is 2.75. The van der Waals surface area contributed by atoms with E-state index >= 15 is 0 Å². The summed E-state index contributed by atoms with van der Waals surface area (Å²) in [4.78, 5) is 6.38. The highest BCUT2D eigenvalue weighted by Gasteiger charge is 2.35. The molecule has 1 unspecified atom stereocenters. The molecule has 1 aliphatic carbocycles. The minimum Gasteiger partial charge on any atom is -0.366 e. The largest absolute Gasteiger partial charge is 0.416 e. The van der Waals surface area contributed by atoms with Crippen LogP contribution in [0.4, 0.5) is 19.0 Å². The smallest absolute Gasteiger partial charge is 0.366 e. The molecule has 1 N–H and O–H groups in total. The van der Waals surface area contributed by atoms with Crippen molar-refractivity contribution in [3.05, 3.63) is 23.9 Å². The highest BCUT2D eigenvalue weighted by molar-refractivity contribution is 5.39. The van der Waals surface area contributed by atoms with E-state index in [0.717, 1.165) is 31.6 Å². The molecule has 1 aromatic rings. The summed E-state index contributed by atoms with van der Waals surface area (Å²) in [5.74, 6) is 0.317. The molecule has 1 saturated heterocycles. The summed E-state index contributed by atoms with van der Waals surface area (Å²) in [5.41, 5.74) is -0.651. The van der Waals surface area contributed by atoms with Gasteiger partial charge in [0.1, 0.15) is 5.82 Å². The van der Waals surface area contributed by atoms with Crippen LogP contribution in [-0.4, -0.2) is 35.1 Å². The average molecular weight is 271 g/mol. The molecule has 19 heavy (non-hydrogen) atoms. The minimum atomic E-state index is -4.31. The Kier molecular flexibility index (Phi) is 3.12. The van der Waals surface area contributed by atoms with Gasteiger partial charge in [0.2, 0.25) is 0 Å². The number of alkyl halides is 3. The van der Waals surface area contributed by atoms with Crippen LogP contribution in [0.1, 0.15) is 24.8 Å². The molecule has 0 radical (unpaired) electrons. The molecule has 104 valence electrons. The number of nitrogens with zero attached hydrogens (tertiary/aromatic N) is 2. The third-order valence-electron chi connectivity index (χ3n) is 3.72. The maximum absolute atomic E-state index is 12.6. The number of anilines is 1. The van der Waals surface area contributed by atoms with Crippen LogP contribution < -0.4 is 5.32 Å². The molecule has 0 bridgehead atoms. The second kappa shape index (κ2) is 4.67. The van der Waals surface area contributed by atoms with Crippen molar-refractivity contribution in [2.24, 2.45) is 0 Å². The number of aromatic nitrogens is 1. The quantitative estimate of drug-likeness (QED) is 0.916. The van der Waals surface area contributed by atoms with E-state index in [9.17, 15) is 13.2 Å². The van der Waals surface area contributed by atoms with Crippen molar-refractivity contribution in [3.8, 4) is 0 Å². The summed E-state index contributed by atoms with van der Waals surface area (Å²) < 4.78 is 37.8. The van der Waals surface area contributed by atoms with Gasteiger partial charge in [0.25, 0.3) is 0 Å². The Labute approximate surface area is 109 Å². The monoisotopic (exact) mass is 271 g/mol. The molecule has 0 aromatic carbocycles. The van der Waals surface area contributed by atoms with E-state index in [1.807, 2.05) is 0 Å². The summed E-state index contributed by atoms with van der Waals surface area (Å²) in [6.45, 7) is 1.93. The molecule has 2 fully saturated rings. The molecule has 2 aliphatic rings. The van der Waals surface area contributed by atoms with Crippen molar-refractivity contribution in [2.45, 2.75) is 37.5 Å². The summed E-state index contributed by atoms with van der Waals surface area (Å²) in [6, 6.07) is 2.99. The molecule has 6 heteroatoms. The molecule has 1 saturated carbocycles. The first-order valence-corrected chi connectivity index (χ1v) is 6.56. The molecular weight excluding hydrogens is 255 g/mol. The zero-order valence-electron chi connectivity index (χ0n) is 10.5. The maximum atomic E-state index is 12.6. The third kappa shape index (κ3) is 3.00. The standard InChI is InChI=1S/C13H16F3N3/c14-13(15,16)9-3-5-17-12(7-9)18-10-4-6-19(8-10)11-1-2-11/h3,5,7,10-11H,1-2,4,6,8H2,(H,17,18). The van der Waals surface area contributed by atoms with Crippen molar-refractivity contribution >= 4 is 5.82 Å². The maximum Gasteiger partial charge on any atom is 0.416 e. The fourth-order valence-corrected chi connectivity index (χ4v) is 2.57. The van der Waals surface area contributed by atoms with Crippen LogP contribution in [0, 0.1) is 0 Å². The van der Waals surface area contributed by atoms with Crippen molar-refractivity contribution in [1.82, 2.24) is 9.88 Å². The number of halogens is 3. The van der Waals surface area contributed by atoms with Gasteiger partial charge in [0.15, 0.2) is 0 Å². The first kappa shape index (κ1) is 12.7. The molecule has 3 rings (SSSR count). The zero-order chi connectivity index (χ0) is 13.5. The number of hydrogen-bond donors (Lipinski definition) is 1. The average Bonchev–Trinajstić information content (AvgIpc) is 3.10. The van der Waals surface area contributed by atoms with Crippen LogP contribution in [0.25, 0.3) is 0 Å². The third-order valence-corrected chi connectivity index (χ3v) is 3.72. The van der Waals surface area contributed by atoms with Gasteiger partial charge in [-0.1, -0.05) is 0 Å². The van der Waals surface area contributed by atoms with E-state index in [1.165, 1.54) is 19.0 Å². The SMILES string of the molecule is FC(F)(F)c1ccnc(NC2CCN(C3CC3)C2)c1. The Morgan fingerprint density at radius 2 is 2.05 bits per heavy atom. The Bertz CT molecular complexity index is 457. The normalized spacial score (nSPS) is 24.7. The highest BCUT2D eigenvalue weighted by Crippen LogP contribution is 2.32. The van der Waals surface area contributed by atoms with Crippen LogP contribution >= 0.6 is 0 Å². The Balaban J connectivity index is 1.63. The fraction of sp³-hybridized carbons (Fsp3) is 0.615. The lowest BCUT2D eigenvalue weighted by Crippen LogP contribution is -2.28. The Morgan fingerprint density at radius 1 is 1.26 bits per heavy atom. The van der Waals surface area contributed by atoms with Gasteiger partial charge in [-0.25, -0.2) is 4.98 Å². The van der Waals surface area contributed by atoms with Crippen molar-refractivity contribution in [1.29, 1.82) is 0 Å². The number of hydrogen-bond acceptors (Lipinski definition) is 3. The van der Waals surface area contributed by atoms with Gasteiger partial charge in [-0.05, 0) is 31.4 Å². The molecule has 1 atom stereocenters. The summed E-state index contributed by atoms with van der Waals surface area (Å²) in [7, 11) is 0. The first-order chi connectivity index (χ1) is 9.02. The molecule has 1 aromatic heterocycles. The Hall–Kier alpha value is -1.30. The second-order valence-corrected chi connectivity index (χ2v) is 5.28. The second-order valence-electron chi connectivity index (χ2n) is 5.28. The van der Waals surface area contributed by atoms with Gasteiger partial charge in [-0.15, -0.1) is 0 Å². The molecule has 0 amide bonds. The Morgan fingerprint density at radius 3 is 2.74 bits per heavy atom. The van der Waals surface area contributed by atoms with Crippen LogP contribution in [0.3, 0.4) is 0 Å². The van der Waals surface area contributed by atoms with Crippen molar-refractivity contribution in [2.75, 3.05) is 18.4 Å². The zero-order valence-corrected chi connectivity index (χ0v) is 10.5. The summed E-state index contributed by atoms with van der Waals surface area (Å²) >= 11 is 0. The number of rotatable bonds is 3. The van der Waals surface area contributed by atoms with E-state index in [2.05, 4.69) is 15.2 Å². The minimum absolute atomic E-state index is 0.205.